The quantitative estimate of drug-likeness (QED) is 0.668. The fourth-order valence-corrected chi connectivity index (χ4v) is 2.69. The Bertz CT molecular complexity index is 707. The summed E-state index contributed by atoms with van der Waals surface area (Å²) in [6, 6.07) is 12.2. The Labute approximate surface area is 140 Å². The maximum absolute atomic E-state index is 9.54. The highest BCUT2D eigenvalue weighted by Crippen LogP contribution is 2.22. The third-order valence-corrected chi connectivity index (χ3v) is 3.94. The first-order valence-corrected chi connectivity index (χ1v) is 8.08. The first kappa shape index (κ1) is 16.7. The van der Waals surface area contributed by atoms with Crippen molar-refractivity contribution in [3.05, 3.63) is 47.3 Å². The number of hydrogen-bond acceptors (Lipinski definition) is 6. The molecule has 0 aliphatic carbocycles. The van der Waals surface area contributed by atoms with Crippen LogP contribution >= 0.6 is 11.8 Å². The van der Waals surface area contributed by atoms with Crippen LogP contribution in [0.1, 0.15) is 12.5 Å². The second-order valence-electron chi connectivity index (χ2n) is 4.55. The third kappa shape index (κ3) is 4.38. The van der Waals surface area contributed by atoms with E-state index < -0.39 is 0 Å². The highest BCUT2D eigenvalue weighted by molar-refractivity contribution is 8.14. The molecule has 0 atom stereocenters. The summed E-state index contributed by atoms with van der Waals surface area (Å²) < 4.78 is 0. The lowest BCUT2D eigenvalue weighted by Gasteiger charge is -2.27. The standard InChI is InChI=1S/C17H17N5S/c1-3-10-23-17-15(11-18)16(22(13-20-17)21-4-2)19-12-14-8-6-5-7-9-14/h1,4-9,19H,10,12-13H2,2H3/b21-4-. The van der Waals surface area contributed by atoms with Crippen molar-refractivity contribution in [3.63, 3.8) is 0 Å². The number of aliphatic imine (C=N–C) groups is 1. The third-order valence-electron chi connectivity index (χ3n) is 3.02. The van der Waals surface area contributed by atoms with Crippen molar-refractivity contribution in [2.45, 2.75) is 13.5 Å². The molecule has 23 heavy (non-hydrogen) atoms. The molecular formula is C17H17N5S. The van der Waals surface area contributed by atoms with Crippen LogP contribution in [0.3, 0.4) is 0 Å². The SMILES string of the molecule is C#CCSC1=NCN(/N=C\C)C(NCc2ccccc2)=C1C#N. The molecule has 2 rings (SSSR count). The predicted octanol–water partition coefficient (Wildman–Crippen LogP) is 2.56. The average molecular weight is 323 g/mol. The first-order valence-electron chi connectivity index (χ1n) is 7.09. The van der Waals surface area contributed by atoms with Gasteiger partial charge in [0.15, 0.2) is 0 Å². The zero-order valence-corrected chi connectivity index (χ0v) is 13.7. The summed E-state index contributed by atoms with van der Waals surface area (Å²) in [5, 5.41) is 19.5. The van der Waals surface area contributed by atoms with E-state index in [1.807, 2.05) is 37.3 Å². The van der Waals surface area contributed by atoms with Gasteiger partial charge in [-0.1, -0.05) is 48.0 Å². The molecule has 0 amide bonds. The van der Waals surface area contributed by atoms with Gasteiger partial charge >= 0.3 is 0 Å². The minimum absolute atomic E-state index is 0.361. The maximum atomic E-state index is 9.54. The largest absolute Gasteiger partial charge is 0.365 e. The van der Waals surface area contributed by atoms with Gasteiger partial charge in [0.1, 0.15) is 29.2 Å². The number of terminal acetylenes is 1. The molecule has 0 saturated heterocycles. The fraction of sp³-hybridized carbons (Fsp3) is 0.235. The first-order chi connectivity index (χ1) is 11.3. The molecule has 1 aliphatic rings. The van der Waals surface area contributed by atoms with Gasteiger partial charge in [-0.05, 0) is 12.5 Å². The summed E-state index contributed by atoms with van der Waals surface area (Å²) in [5.41, 5.74) is 1.59. The van der Waals surface area contributed by atoms with Crippen molar-refractivity contribution in [1.82, 2.24) is 10.3 Å². The van der Waals surface area contributed by atoms with Crippen molar-refractivity contribution in [2.75, 3.05) is 12.4 Å². The van der Waals surface area contributed by atoms with Gasteiger partial charge in [0.25, 0.3) is 0 Å². The Morgan fingerprint density at radius 1 is 1.48 bits per heavy atom. The normalized spacial score (nSPS) is 14.4. The zero-order chi connectivity index (χ0) is 16.5. The lowest BCUT2D eigenvalue weighted by atomic mass is 10.2. The molecule has 0 unspecified atom stereocenters. The molecule has 0 bridgehead atoms. The summed E-state index contributed by atoms with van der Waals surface area (Å²) in [7, 11) is 0. The van der Waals surface area contributed by atoms with Gasteiger partial charge in [-0.3, -0.25) is 4.99 Å². The number of thioether (sulfide) groups is 1. The molecule has 0 spiro atoms. The molecule has 0 radical (unpaired) electrons. The maximum Gasteiger partial charge on any atom is 0.145 e. The van der Waals surface area contributed by atoms with E-state index in [0.29, 0.717) is 35.4 Å². The predicted molar refractivity (Wildman–Crippen MR) is 95.5 cm³/mol. The summed E-state index contributed by atoms with van der Waals surface area (Å²) in [5.74, 6) is 3.69. The monoisotopic (exact) mass is 323 g/mol. The van der Waals surface area contributed by atoms with E-state index in [1.54, 1.807) is 11.2 Å². The Morgan fingerprint density at radius 3 is 2.91 bits per heavy atom. The second-order valence-corrected chi connectivity index (χ2v) is 5.51. The van der Waals surface area contributed by atoms with Crippen molar-refractivity contribution in [2.24, 2.45) is 10.1 Å². The number of nitriles is 1. The molecule has 1 heterocycles. The van der Waals surface area contributed by atoms with Crippen molar-refractivity contribution in [3.8, 4) is 18.4 Å². The second kappa shape index (κ2) is 8.67. The fourth-order valence-electron chi connectivity index (χ4n) is 2.03. The Hall–Kier alpha value is -2.70. The molecule has 0 saturated carbocycles. The van der Waals surface area contributed by atoms with Gasteiger partial charge in [0.05, 0.1) is 5.75 Å². The van der Waals surface area contributed by atoms with Crippen LogP contribution in [0, 0.1) is 23.7 Å². The number of rotatable bonds is 5. The van der Waals surface area contributed by atoms with E-state index in [4.69, 9.17) is 6.42 Å². The van der Waals surface area contributed by atoms with Gasteiger partial charge in [0, 0.05) is 12.8 Å². The molecule has 5 nitrogen and oxygen atoms in total. The lowest BCUT2D eigenvalue weighted by molar-refractivity contribution is 0.341. The highest BCUT2D eigenvalue weighted by Gasteiger charge is 2.23. The summed E-state index contributed by atoms with van der Waals surface area (Å²) >= 11 is 1.39. The van der Waals surface area contributed by atoms with Crippen LogP contribution in [0.25, 0.3) is 0 Å². The number of nitrogens with one attached hydrogen (secondary N) is 1. The van der Waals surface area contributed by atoms with E-state index in [2.05, 4.69) is 27.4 Å². The van der Waals surface area contributed by atoms with Crippen LogP contribution < -0.4 is 5.32 Å². The van der Waals surface area contributed by atoms with Crippen LogP contribution in [0.2, 0.25) is 0 Å². The van der Waals surface area contributed by atoms with Gasteiger partial charge in [-0.25, -0.2) is 5.01 Å². The molecule has 6 heteroatoms. The molecule has 116 valence electrons. The number of benzene rings is 1. The van der Waals surface area contributed by atoms with E-state index >= 15 is 0 Å². The van der Waals surface area contributed by atoms with E-state index in [1.165, 1.54) is 11.8 Å². The van der Waals surface area contributed by atoms with Crippen LogP contribution in [0.4, 0.5) is 0 Å². The topological polar surface area (TPSA) is 63.8 Å². The zero-order valence-electron chi connectivity index (χ0n) is 12.9. The van der Waals surface area contributed by atoms with Crippen LogP contribution in [-0.2, 0) is 6.54 Å². The van der Waals surface area contributed by atoms with Crippen LogP contribution in [0.5, 0.6) is 0 Å². The van der Waals surface area contributed by atoms with Gasteiger partial charge < -0.3 is 5.32 Å². The molecular weight excluding hydrogens is 306 g/mol. The highest BCUT2D eigenvalue weighted by atomic mass is 32.2. The number of hydrogen-bond donors (Lipinski definition) is 1. The van der Waals surface area contributed by atoms with Crippen molar-refractivity contribution in [1.29, 1.82) is 5.26 Å². The minimum Gasteiger partial charge on any atom is -0.365 e. The Kier molecular flexibility index (Phi) is 6.28. The number of nitrogens with zero attached hydrogens (tertiary/aromatic N) is 4. The molecule has 1 aliphatic heterocycles. The van der Waals surface area contributed by atoms with Crippen LogP contribution in [0.15, 0.2) is 51.8 Å². The smallest absolute Gasteiger partial charge is 0.145 e. The molecule has 1 N–H and O–H groups in total. The summed E-state index contributed by atoms with van der Waals surface area (Å²) in [4.78, 5) is 4.40. The van der Waals surface area contributed by atoms with Crippen molar-refractivity contribution < 1.29 is 0 Å². The molecule has 1 aromatic carbocycles. The van der Waals surface area contributed by atoms with Gasteiger partial charge in [-0.15, -0.1) is 6.42 Å². The minimum atomic E-state index is 0.361. The van der Waals surface area contributed by atoms with E-state index in [0.717, 1.165) is 5.56 Å². The Balaban J connectivity index is 2.26. The Morgan fingerprint density at radius 2 is 2.26 bits per heavy atom. The molecule has 1 aromatic rings. The summed E-state index contributed by atoms with van der Waals surface area (Å²) in [6.07, 6.45) is 6.98. The average Bonchev–Trinajstić information content (AvgIpc) is 2.60. The van der Waals surface area contributed by atoms with E-state index in [9.17, 15) is 5.26 Å². The molecule has 0 fully saturated rings. The lowest BCUT2D eigenvalue weighted by Crippen LogP contribution is -2.34. The molecule has 0 aromatic heterocycles. The van der Waals surface area contributed by atoms with Gasteiger partial charge in [0.2, 0.25) is 0 Å². The van der Waals surface area contributed by atoms with Crippen molar-refractivity contribution >= 4 is 23.0 Å². The number of hydrazone groups is 1. The summed E-state index contributed by atoms with van der Waals surface area (Å²) in [6.45, 7) is 2.79. The van der Waals surface area contributed by atoms with E-state index in [-0.39, 0.29) is 0 Å². The van der Waals surface area contributed by atoms with Gasteiger partial charge in [-0.2, -0.15) is 10.4 Å². The van der Waals surface area contributed by atoms with Crippen LogP contribution in [-0.4, -0.2) is 28.7 Å².